The number of hydrogen-bond donors (Lipinski definition) is 1. The van der Waals surface area contributed by atoms with Crippen LogP contribution in [0.4, 0.5) is 0 Å². The molecule has 0 spiro atoms. The van der Waals surface area contributed by atoms with E-state index in [0.717, 1.165) is 48.1 Å². The Balaban J connectivity index is 1.49. The number of carbonyl (C=O) groups excluding carboxylic acids is 1. The van der Waals surface area contributed by atoms with Crippen LogP contribution in [0.2, 0.25) is 0 Å². The fourth-order valence-corrected chi connectivity index (χ4v) is 8.63. The van der Waals surface area contributed by atoms with E-state index < -0.39 is 0 Å². The molecule has 5 aliphatic rings. The van der Waals surface area contributed by atoms with Crippen molar-refractivity contribution in [2.45, 2.75) is 70.8 Å². The first kappa shape index (κ1) is 18.6. The van der Waals surface area contributed by atoms with Crippen LogP contribution in [0.15, 0.2) is 11.6 Å². The molecule has 0 aliphatic heterocycles. The molecule has 0 aromatic rings. The first-order chi connectivity index (χ1) is 12.9. The maximum Gasteiger partial charge on any atom is 0.316 e. The van der Waals surface area contributed by atoms with E-state index in [0.29, 0.717) is 10.3 Å². The van der Waals surface area contributed by atoms with Gasteiger partial charge in [-0.15, -0.1) is 0 Å². The second kappa shape index (κ2) is 6.30. The molecule has 3 nitrogen and oxygen atoms in total. The summed E-state index contributed by atoms with van der Waals surface area (Å²) in [5.41, 5.74) is 2.39. The number of fused-ring (bicyclic) bond motifs is 7. The number of rotatable bonds is 3. The second-order valence-electron chi connectivity index (χ2n) is 10.1. The van der Waals surface area contributed by atoms with Crippen LogP contribution in [0.5, 0.6) is 0 Å². The molecule has 8 unspecified atom stereocenters. The average molecular weight is 481 g/mol. The molecule has 5 aliphatic carbocycles. The molecular formula is C23H32INO2. The molecule has 0 heterocycles. The number of alkyl halides is 1. The van der Waals surface area contributed by atoms with E-state index in [1.165, 1.54) is 38.5 Å². The molecule has 0 saturated heterocycles. The van der Waals surface area contributed by atoms with Crippen molar-refractivity contribution in [1.29, 1.82) is 5.41 Å². The van der Waals surface area contributed by atoms with E-state index in [4.69, 9.17) is 10.1 Å². The summed E-state index contributed by atoms with van der Waals surface area (Å²) >= 11 is 2.15. The molecule has 4 heteroatoms. The monoisotopic (exact) mass is 481 g/mol. The van der Waals surface area contributed by atoms with E-state index in [1.54, 1.807) is 5.57 Å². The van der Waals surface area contributed by atoms with Gasteiger partial charge in [-0.3, -0.25) is 4.79 Å². The number of nitrogens with one attached hydrogen (secondary N) is 1. The minimum Gasteiger partial charge on any atom is -0.458 e. The fraction of sp³-hybridized carbons (Fsp3) is 0.826. The number of ether oxygens (including phenoxy) is 1. The van der Waals surface area contributed by atoms with E-state index in [1.807, 2.05) is 0 Å². The molecule has 148 valence electrons. The lowest BCUT2D eigenvalue weighted by Gasteiger charge is -2.58. The summed E-state index contributed by atoms with van der Waals surface area (Å²) in [6, 6.07) is 0. The Morgan fingerprint density at radius 1 is 1.26 bits per heavy atom. The molecular weight excluding hydrogens is 449 g/mol. The highest BCUT2D eigenvalue weighted by atomic mass is 127. The number of hydrogen-bond acceptors (Lipinski definition) is 3. The quantitative estimate of drug-likeness (QED) is 0.326. The molecule has 1 N–H and O–H groups in total. The van der Waals surface area contributed by atoms with Gasteiger partial charge in [-0.25, -0.2) is 0 Å². The second-order valence-corrected chi connectivity index (χ2v) is 10.8. The Morgan fingerprint density at radius 3 is 2.81 bits per heavy atom. The van der Waals surface area contributed by atoms with Crippen LogP contribution in [0.3, 0.4) is 0 Å². The van der Waals surface area contributed by atoms with Gasteiger partial charge in [-0.2, -0.15) is 0 Å². The van der Waals surface area contributed by atoms with Gasteiger partial charge in [0.15, 0.2) is 0 Å². The Kier molecular flexibility index (Phi) is 4.35. The molecule has 8 atom stereocenters. The lowest BCUT2D eigenvalue weighted by Crippen LogP contribution is -2.56. The zero-order valence-electron chi connectivity index (χ0n) is 16.6. The van der Waals surface area contributed by atoms with Gasteiger partial charge in [0, 0.05) is 17.0 Å². The summed E-state index contributed by atoms with van der Waals surface area (Å²) < 4.78 is 6.74. The lowest BCUT2D eigenvalue weighted by molar-refractivity contribution is -0.188. The van der Waals surface area contributed by atoms with Crippen LogP contribution in [-0.4, -0.2) is 21.7 Å². The molecule has 0 amide bonds. The van der Waals surface area contributed by atoms with Crippen molar-refractivity contribution in [3.63, 3.8) is 0 Å². The zero-order valence-corrected chi connectivity index (χ0v) is 18.8. The van der Waals surface area contributed by atoms with Gasteiger partial charge >= 0.3 is 5.97 Å². The van der Waals surface area contributed by atoms with Crippen LogP contribution in [-0.2, 0) is 9.53 Å². The highest BCUT2D eigenvalue weighted by molar-refractivity contribution is 14.1. The van der Waals surface area contributed by atoms with E-state index in [-0.39, 0.29) is 17.0 Å². The van der Waals surface area contributed by atoms with Gasteiger partial charge in [0.05, 0.1) is 4.43 Å². The number of carbonyl (C=O) groups is 1. The molecule has 0 aromatic carbocycles. The standard InChI is InChI=1S/C23H32INO2/c1-3-23-9-8-16-15-7-5-14(25)10-13(15)4-6-17(16)21(23)18-11-19(18)22(23,2)27-20(26)12-24/h10,15-19,21,25H,3-9,11-12H2,1-2H3. The normalized spacial score (nSPS) is 50.0. The Morgan fingerprint density at radius 2 is 2.07 bits per heavy atom. The first-order valence-electron chi connectivity index (χ1n) is 11.0. The van der Waals surface area contributed by atoms with E-state index in [2.05, 4.69) is 42.5 Å². The van der Waals surface area contributed by atoms with Crippen molar-refractivity contribution in [2.24, 2.45) is 40.9 Å². The van der Waals surface area contributed by atoms with Crippen molar-refractivity contribution >= 4 is 34.3 Å². The van der Waals surface area contributed by atoms with Crippen LogP contribution < -0.4 is 0 Å². The first-order valence-corrected chi connectivity index (χ1v) is 12.5. The van der Waals surface area contributed by atoms with Gasteiger partial charge in [0.1, 0.15) is 5.60 Å². The fourth-order valence-electron chi connectivity index (χ4n) is 8.48. The maximum absolute atomic E-state index is 12.3. The molecule has 0 radical (unpaired) electrons. The largest absolute Gasteiger partial charge is 0.458 e. The summed E-state index contributed by atoms with van der Waals surface area (Å²) in [5, 5.41) is 8.07. The SMILES string of the molecule is CCC12CCC3C4CCC(=N)C=C4CCC3C1C1CC1C2(C)OC(=O)CI. The predicted octanol–water partition coefficient (Wildman–Crippen LogP) is 5.56. The summed E-state index contributed by atoms with van der Waals surface area (Å²) in [4.78, 5) is 12.3. The number of halogens is 1. The van der Waals surface area contributed by atoms with Crippen molar-refractivity contribution in [3.8, 4) is 0 Å². The molecule has 4 fully saturated rings. The van der Waals surface area contributed by atoms with Crippen LogP contribution in [0.25, 0.3) is 0 Å². The van der Waals surface area contributed by atoms with Gasteiger partial charge in [0.25, 0.3) is 0 Å². The van der Waals surface area contributed by atoms with Gasteiger partial charge in [0.2, 0.25) is 0 Å². The van der Waals surface area contributed by atoms with Crippen LogP contribution in [0, 0.1) is 46.3 Å². The Labute approximate surface area is 176 Å². The van der Waals surface area contributed by atoms with Gasteiger partial charge in [-0.1, -0.05) is 35.1 Å². The van der Waals surface area contributed by atoms with E-state index >= 15 is 0 Å². The lowest BCUT2D eigenvalue weighted by atomic mass is 9.48. The zero-order chi connectivity index (χ0) is 19.0. The highest BCUT2D eigenvalue weighted by Gasteiger charge is 2.77. The van der Waals surface area contributed by atoms with Gasteiger partial charge < -0.3 is 10.1 Å². The van der Waals surface area contributed by atoms with Crippen molar-refractivity contribution in [1.82, 2.24) is 0 Å². The van der Waals surface area contributed by atoms with E-state index in [9.17, 15) is 4.79 Å². The third-order valence-electron chi connectivity index (χ3n) is 9.48. The summed E-state index contributed by atoms with van der Waals surface area (Å²) in [6.07, 6.45) is 11.8. The molecule has 27 heavy (non-hydrogen) atoms. The number of allylic oxidation sites excluding steroid dienone is 2. The number of esters is 1. The van der Waals surface area contributed by atoms with Crippen molar-refractivity contribution < 1.29 is 9.53 Å². The Bertz CT molecular complexity index is 717. The van der Waals surface area contributed by atoms with Crippen LogP contribution in [0.1, 0.15) is 65.2 Å². The van der Waals surface area contributed by atoms with Crippen molar-refractivity contribution in [3.05, 3.63) is 11.6 Å². The van der Waals surface area contributed by atoms with Crippen LogP contribution >= 0.6 is 22.6 Å². The summed E-state index contributed by atoms with van der Waals surface area (Å²) in [5.74, 6) is 4.48. The molecule has 0 aromatic heterocycles. The minimum atomic E-state index is -0.241. The minimum absolute atomic E-state index is 0.0148. The summed E-state index contributed by atoms with van der Waals surface area (Å²) in [6.45, 7) is 4.64. The van der Waals surface area contributed by atoms with Gasteiger partial charge in [-0.05, 0) is 94.0 Å². The molecule has 4 saturated carbocycles. The third-order valence-corrected chi connectivity index (χ3v) is 10.1. The maximum atomic E-state index is 12.3. The predicted molar refractivity (Wildman–Crippen MR) is 115 cm³/mol. The summed E-state index contributed by atoms with van der Waals surface area (Å²) in [7, 11) is 0. The van der Waals surface area contributed by atoms with Crippen molar-refractivity contribution in [2.75, 3.05) is 4.43 Å². The molecule has 5 rings (SSSR count). The topological polar surface area (TPSA) is 50.1 Å². The smallest absolute Gasteiger partial charge is 0.316 e. The third kappa shape index (κ3) is 2.43. The average Bonchev–Trinajstić information content (AvgIpc) is 3.43. The molecule has 0 bridgehead atoms. The highest BCUT2D eigenvalue weighted by Crippen LogP contribution is 2.77. The Hall–Kier alpha value is -0.390.